The summed E-state index contributed by atoms with van der Waals surface area (Å²) in [5.41, 5.74) is 2.98. The number of aromatic nitrogens is 5. The van der Waals surface area contributed by atoms with Gasteiger partial charge in [0.1, 0.15) is 5.82 Å². The summed E-state index contributed by atoms with van der Waals surface area (Å²) in [7, 11) is 0. The summed E-state index contributed by atoms with van der Waals surface area (Å²) in [6.45, 7) is 2.63. The summed E-state index contributed by atoms with van der Waals surface area (Å²) in [6.07, 6.45) is 15.7. The first-order valence-corrected chi connectivity index (χ1v) is 10.7. The highest BCUT2D eigenvalue weighted by atomic mass is 32.1. The highest BCUT2D eigenvalue weighted by molar-refractivity contribution is 7.15. The molecule has 0 saturated carbocycles. The van der Waals surface area contributed by atoms with Crippen LogP contribution in [0.15, 0.2) is 49.4 Å². The van der Waals surface area contributed by atoms with Gasteiger partial charge in [0.2, 0.25) is 0 Å². The van der Waals surface area contributed by atoms with E-state index in [-0.39, 0.29) is 5.60 Å². The molecule has 4 aromatic rings. The monoisotopic (exact) mass is 404 g/mol. The van der Waals surface area contributed by atoms with E-state index in [1.807, 2.05) is 36.1 Å². The zero-order valence-electron chi connectivity index (χ0n) is 15.9. The number of nitrogens with zero attached hydrogens (tertiary/aromatic N) is 6. The minimum atomic E-state index is -0.197. The van der Waals surface area contributed by atoms with Gasteiger partial charge in [0, 0.05) is 49.2 Å². The Morgan fingerprint density at radius 1 is 1.00 bits per heavy atom. The zero-order valence-corrected chi connectivity index (χ0v) is 16.7. The Morgan fingerprint density at radius 3 is 2.79 bits per heavy atom. The molecule has 1 fully saturated rings. The van der Waals surface area contributed by atoms with E-state index >= 15 is 0 Å². The van der Waals surface area contributed by atoms with Gasteiger partial charge in [-0.2, -0.15) is 0 Å². The second-order valence-corrected chi connectivity index (χ2v) is 8.68. The summed E-state index contributed by atoms with van der Waals surface area (Å²) in [4.78, 5) is 22.4. The van der Waals surface area contributed by atoms with Crippen LogP contribution < -0.4 is 4.90 Å². The minimum absolute atomic E-state index is 0.197. The van der Waals surface area contributed by atoms with Crippen molar-refractivity contribution in [3.63, 3.8) is 0 Å². The molecule has 0 aromatic carbocycles. The smallest absolute Gasteiger partial charge is 0.156 e. The van der Waals surface area contributed by atoms with Gasteiger partial charge in [0.25, 0.3) is 0 Å². The number of rotatable bonds is 2. The van der Waals surface area contributed by atoms with Crippen LogP contribution in [0.3, 0.4) is 0 Å². The highest BCUT2D eigenvalue weighted by Crippen LogP contribution is 2.46. The number of anilines is 1. The summed E-state index contributed by atoms with van der Waals surface area (Å²) < 4.78 is 8.55. The van der Waals surface area contributed by atoms with E-state index < -0.39 is 0 Å². The molecule has 0 unspecified atom stereocenters. The van der Waals surface area contributed by atoms with Crippen molar-refractivity contribution in [1.82, 2.24) is 24.3 Å². The Morgan fingerprint density at radius 2 is 1.93 bits per heavy atom. The van der Waals surface area contributed by atoms with Crippen molar-refractivity contribution in [2.45, 2.75) is 24.9 Å². The number of hydrogen-bond acceptors (Lipinski definition) is 7. The predicted octanol–water partition coefficient (Wildman–Crippen LogP) is 3.32. The van der Waals surface area contributed by atoms with Crippen LogP contribution in [0.25, 0.3) is 16.2 Å². The summed E-state index contributed by atoms with van der Waals surface area (Å²) in [5, 5.41) is 0. The normalized spacial score (nSPS) is 18.3. The Balaban J connectivity index is 1.30. The largest absolute Gasteiger partial charge is 0.370 e. The quantitative estimate of drug-likeness (QED) is 0.511. The molecule has 0 bridgehead atoms. The second-order valence-electron chi connectivity index (χ2n) is 7.54. The maximum atomic E-state index is 6.45. The lowest BCUT2D eigenvalue weighted by atomic mass is 9.82. The van der Waals surface area contributed by atoms with Gasteiger partial charge < -0.3 is 9.64 Å². The minimum Gasteiger partial charge on any atom is -0.370 e. The van der Waals surface area contributed by atoms with Crippen molar-refractivity contribution in [2.24, 2.45) is 0 Å². The van der Waals surface area contributed by atoms with Crippen molar-refractivity contribution >= 4 is 22.8 Å². The molecule has 2 aliphatic rings. The third kappa shape index (κ3) is 2.74. The molecule has 8 heteroatoms. The molecule has 7 nitrogen and oxygen atoms in total. The summed E-state index contributed by atoms with van der Waals surface area (Å²) in [6, 6.07) is 2.29. The maximum absolute atomic E-state index is 6.45. The molecule has 0 amide bonds. The third-order valence-corrected chi connectivity index (χ3v) is 7.23. The van der Waals surface area contributed by atoms with Crippen molar-refractivity contribution < 1.29 is 4.74 Å². The molecule has 4 aromatic heterocycles. The van der Waals surface area contributed by atoms with Crippen LogP contribution in [0, 0.1) is 0 Å². The van der Waals surface area contributed by atoms with Crippen molar-refractivity contribution in [3.05, 3.63) is 59.9 Å². The molecule has 29 heavy (non-hydrogen) atoms. The average molecular weight is 404 g/mol. The molecular weight excluding hydrogens is 384 g/mol. The molecule has 1 saturated heterocycles. The molecule has 0 aliphatic carbocycles. The van der Waals surface area contributed by atoms with E-state index in [4.69, 9.17) is 4.74 Å². The van der Waals surface area contributed by atoms with E-state index in [0.29, 0.717) is 0 Å². The maximum Gasteiger partial charge on any atom is 0.156 e. The Bertz CT molecular complexity index is 1160. The molecule has 1 spiro atoms. The van der Waals surface area contributed by atoms with Crippen LogP contribution in [0.4, 0.5) is 5.82 Å². The van der Waals surface area contributed by atoms with Crippen LogP contribution in [0.5, 0.6) is 0 Å². The Hall–Kier alpha value is -2.84. The van der Waals surface area contributed by atoms with Gasteiger partial charge in [-0.25, -0.2) is 4.98 Å². The number of fused-ring (bicyclic) bond motifs is 3. The molecule has 0 radical (unpaired) electrons. The summed E-state index contributed by atoms with van der Waals surface area (Å²) in [5.74, 6) is 1.09. The lowest BCUT2D eigenvalue weighted by molar-refractivity contribution is -0.0757. The standard InChI is InChI=1S/C21H20N6OS/c1-10-28-21(15-11-18(29-17(1)15)16-12-22-4-5-24-16)2-7-26(8-3-21)20-14-23-13-19-25-6-9-27(19)20/h4-6,9,11-14H,1-3,7-8,10H2. The third-order valence-electron chi connectivity index (χ3n) is 6.01. The van der Waals surface area contributed by atoms with Gasteiger partial charge in [-0.05, 0) is 24.5 Å². The average Bonchev–Trinajstić information content (AvgIpc) is 3.43. The van der Waals surface area contributed by atoms with E-state index in [1.165, 1.54) is 15.3 Å². The van der Waals surface area contributed by atoms with Gasteiger partial charge in [0.05, 0.1) is 41.4 Å². The molecule has 0 N–H and O–H groups in total. The number of thiophene rings is 1. The number of hydrogen-bond donors (Lipinski definition) is 0. The van der Waals surface area contributed by atoms with Crippen LogP contribution >= 0.6 is 11.3 Å². The predicted molar refractivity (Wildman–Crippen MR) is 111 cm³/mol. The summed E-state index contributed by atoms with van der Waals surface area (Å²) >= 11 is 1.84. The van der Waals surface area contributed by atoms with Gasteiger partial charge in [-0.3, -0.25) is 19.4 Å². The van der Waals surface area contributed by atoms with E-state index in [2.05, 4.69) is 35.3 Å². The van der Waals surface area contributed by atoms with Crippen LogP contribution in [0.1, 0.15) is 23.3 Å². The number of ether oxygens (including phenoxy) is 1. The molecule has 6 heterocycles. The van der Waals surface area contributed by atoms with E-state index in [9.17, 15) is 0 Å². The molecule has 6 rings (SSSR count). The van der Waals surface area contributed by atoms with Crippen molar-refractivity contribution in [1.29, 1.82) is 0 Å². The van der Waals surface area contributed by atoms with Gasteiger partial charge in [0.15, 0.2) is 5.65 Å². The molecule has 146 valence electrons. The number of piperidine rings is 1. The van der Waals surface area contributed by atoms with Crippen molar-refractivity contribution in [3.8, 4) is 10.6 Å². The lowest BCUT2D eigenvalue weighted by Gasteiger charge is -2.44. The van der Waals surface area contributed by atoms with Gasteiger partial charge >= 0.3 is 0 Å². The van der Waals surface area contributed by atoms with Gasteiger partial charge in [-0.15, -0.1) is 11.3 Å². The number of imidazole rings is 1. The Kier molecular flexibility index (Phi) is 3.88. The second kappa shape index (κ2) is 6.60. The van der Waals surface area contributed by atoms with Gasteiger partial charge in [-0.1, -0.05) is 0 Å². The highest BCUT2D eigenvalue weighted by Gasteiger charge is 2.42. The fourth-order valence-electron chi connectivity index (χ4n) is 4.55. The fraction of sp³-hybridized carbons (Fsp3) is 0.333. The lowest BCUT2D eigenvalue weighted by Crippen LogP contribution is -2.46. The van der Waals surface area contributed by atoms with E-state index in [1.54, 1.807) is 18.6 Å². The van der Waals surface area contributed by atoms with Crippen molar-refractivity contribution in [2.75, 3.05) is 24.6 Å². The SMILES string of the molecule is c1cnc(-c2cc3c(s2)CCOC32CCN(c3cncc4nccn34)CC2)cn1. The fourth-order valence-corrected chi connectivity index (χ4v) is 5.74. The first kappa shape index (κ1) is 17.1. The van der Waals surface area contributed by atoms with Crippen LogP contribution in [0.2, 0.25) is 0 Å². The van der Waals surface area contributed by atoms with Crippen LogP contribution in [-0.2, 0) is 16.8 Å². The van der Waals surface area contributed by atoms with Crippen LogP contribution in [-0.4, -0.2) is 44.0 Å². The molecule has 0 atom stereocenters. The molecular formula is C21H20N6OS. The topological polar surface area (TPSA) is 68.4 Å². The Labute approximate surface area is 172 Å². The zero-order chi connectivity index (χ0) is 19.3. The first-order chi connectivity index (χ1) is 14.3. The van der Waals surface area contributed by atoms with E-state index in [0.717, 1.165) is 56.1 Å². The molecule has 2 aliphatic heterocycles. The first-order valence-electron chi connectivity index (χ1n) is 9.88.